The number of hydrogen-bond donors (Lipinski definition) is 0. The zero-order chi connectivity index (χ0) is 22.3. The maximum atomic E-state index is 12.8. The van der Waals surface area contributed by atoms with Crippen LogP contribution in [0.1, 0.15) is 25.0 Å². The fourth-order valence-electron chi connectivity index (χ4n) is 3.63. The average molecular weight is 478 g/mol. The molecule has 0 aliphatic carbocycles. The Hall–Kier alpha value is -2.22. The number of nitrogens with zero attached hydrogens (tertiary/aromatic N) is 3. The third kappa shape index (κ3) is 4.02. The summed E-state index contributed by atoms with van der Waals surface area (Å²) in [5, 5.41) is 1.72. The Balaban J connectivity index is 1.76. The zero-order valence-electron chi connectivity index (χ0n) is 17.5. The molecular weight excluding hydrogens is 457 g/mol. The summed E-state index contributed by atoms with van der Waals surface area (Å²) in [6, 6.07) is 8.76. The van der Waals surface area contributed by atoms with Crippen LogP contribution in [0.4, 0.5) is 5.69 Å². The van der Waals surface area contributed by atoms with Gasteiger partial charge in [0, 0.05) is 17.4 Å². The molecule has 0 saturated carbocycles. The van der Waals surface area contributed by atoms with E-state index < -0.39 is 6.04 Å². The number of amidine groups is 2. The van der Waals surface area contributed by atoms with Gasteiger partial charge in [0.15, 0.2) is 16.7 Å². The lowest BCUT2D eigenvalue weighted by atomic mass is 10.0. The molecule has 2 heterocycles. The highest BCUT2D eigenvalue weighted by atomic mass is 35.5. The van der Waals surface area contributed by atoms with Gasteiger partial charge in [-0.3, -0.25) is 9.69 Å². The van der Waals surface area contributed by atoms with Crippen molar-refractivity contribution in [2.45, 2.75) is 25.6 Å². The summed E-state index contributed by atoms with van der Waals surface area (Å²) in [6.45, 7) is 4.01. The number of carbonyl (C=O) groups excluding carboxylic acids is 1. The Morgan fingerprint density at radius 1 is 1.06 bits per heavy atom. The van der Waals surface area contributed by atoms with Gasteiger partial charge in [0.2, 0.25) is 0 Å². The van der Waals surface area contributed by atoms with Gasteiger partial charge in [0.25, 0.3) is 5.91 Å². The van der Waals surface area contributed by atoms with E-state index >= 15 is 0 Å². The van der Waals surface area contributed by atoms with E-state index in [1.54, 1.807) is 26.4 Å². The van der Waals surface area contributed by atoms with Crippen molar-refractivity contribution in [3.05, 3.63) is 51.5 Å². The first kappa shape index (κ1) is 22.0. The number of benzene rings is 2. The topological polar surface area (TPSA) is 63.5 Å². The molecule has 2 aromatic rings. The highest BCUT2D eigenvalue weighted by molar-refractivity contribution is 8.13. The normalized spacial score (nSPS) is 17.3. The molecule has 1 amide bonds. The second kappa shape index (κ2) is 8.73. The van der Waals surface area contributed by atoms with Gasteiger partial charge >= 0.3 is 0 Å². The molecule has 162 valence electrons. The monoisotopic (exact) mass is 477 g/mol. The van der Waals surface area contributed by atoms with Crippen LogP contribution in [0.2, 0.25) is 10.0 Å². The summed E-state index contributed by atoms with van der Waals surface area (Å²) in [7, 11) is 3.15. The maximum Gasteiger partial charge on any atom is 0.271 e. The number of carbonyl (C=O) groups is 1. The minimum atomic E-state index is -0.406. The first-order valence-electron chi connectivity index (χ1n) is 9.67. The Morgan fingerprint density at radius 2 is 1.77 bits per heavy atom. The summed E-state index contributed by atoms with van der Waals surface area (Å²) in [4.78, 5) is 24.0. The highest BCUT2D eigenvalue weighted by Crippen LogP contribution is 2.42. The van der Waals surface area contributed by atoms with E-state index in [9.17, 15) is 4.79 Å². The predicted molar refractivity (Wildman–Crippen MR) is 126 cm³/mol. The van der Waals surface area contributed by atoms with E-state index in [1.165, 1.54) is 11.8 Å². The smallest absolute Gasteiger partial charge is 0.271 e. The molecule has 1 atom stereocenters. The molecule has 0 unspecified atom stereocenters. The number of hydrogen-bond acceptors (Lipinski definition) is 6. The van der Waals surface area contributed by atoms with E-state index in [0.717, 1.165) is 11.1 Å². The fraction of sp³-hybridized carbons (Fsp3) is 0.318. The summed E-state index contributed by atoms with van der Waals surface area (Å²) in [6.07, 6.45) is 0. The van der Waals surface area contributed by atoms with Crippen molar-refractivity contribution < 1.29 is 14.3 Å². The van der Waals surface area contributed by atoms with Crippen LogP contribution in [0.25, 0.3) is 0 Å². The van der Waals surface area contributed by atoms with Crippen molar-refractivity contribution >= 4 is 57.6 Å². The number of halogens is 2. The molecule has 0 spiro atoms. The SMILES string of the molecule is COc1cc2c(cc1OC)C1=NC(=O)[C@@H](C(C)C)N1C(SCc1ccc(Cl)c(Cl)c1)=N2. The van der Waals surface area contributed by atoms with E-state index in [4.69, 9.17) is 37.7 Å². The van der Waals surface area contributed by atoms with Gasteiger partial charge in [0.1, 0.15) is 11.9 Å². The standard InChI is InChI=1S/C22H21Cl2N3O3S/c1-11(2)19-21(28)26-20-13-8-17(29-3)18(30-4)9-16(13)25-22(27(19)20)31-10-12-5-6-14(23)15(24)7-12/h5-9,11,19H,10H2,1-4H3/t19-/m1/s1. The van der Waals surface area contributed by atoms with Gasteiger partial charge in [-0.1, -0.05) is 54.9 Å². The zero-order valence-corrected chi connectivity index (χ0v) is 19.8. The number of fused-ring (bicyclic) bond motifs is 3. The van der Waals surface area contributed by atoms with E-state index in [1.807, 2.05) is 36.9 Å². The lowest BCUT2D eigenvalue weighted by Crippen LogP contribution is -2.46. The van der Waals surface area contributed by atoms with Crippen LogP contribution in [0, 0.1) is 5.92 Å². The van der Waals surface area contributed by atoms with Crippen molar-refractivity contribution in [3.63, 3.8) is 0 Å². The second-order valence-electron chi connectivity index (χ2n) is 7.49. The minimum absolute atomic E-state index is 0.0613. The molecular formula is C22H21Cl2N3O3S. The Kier molecular flexibility index (Phi) is 6.19. The quantitative estimate of drug-likeness (QED) is 0.563. The molecule has 0 aromatic heterocycles. The number of rotatable bonds is 5. The highest BCUT2D eigenvalue weighted by Gasteiger charge is 2.43. The van der Waals surface area contributed by atoms with Crippen LogP contribution in [0.3, 0.4) is 0 Å². The Bertz CT molecular complexity index is 1120. The number of thioether (sulfide) groups is 1. The molecule has 2 aliphatic rings. The second-order valence-corrected chi connectivity index (χ2v) is 9.25. The summed E-state index contributed by atoms with van der Waals surface area (Å²) >= 11 is 13.7. The van der Waals surface area contributed by atoms with Gasteiger partial charge in [-0.25, -0.2) is 4.99 Å². The molecule has 0 N–H and O–H groups in total. The first-order chi connectivity index (χ1) is 14.8. The van der Waals surface area contributed by atoms with Crippen molar-refractivity contribution in [1.29, 1.82) is 0 Å². The minimum Gasteiger partial charge on any atom is -0.493 e. The molecule has 0 radical (unpaired) electrons. The lowest BCUT2D eigenvalue weighted by Gasteiger charge is -2.33. The first-order valence-corrected chi connectivity index (χ1v) is 11.4. The van der Waals surface area contributed by atoms with Crippen molar-refractivity contribution in [2.75, 3.05) is 14.2 Å². The predicted octanol–water partition coefficient (Wildman–Crippen LogP) is 5.56. The van der Waals surface area contributed by atoms with Crippen molar-refractivity contribution in [2.24, 2.45) is 15.9 Å². The van der Waals surface area contributed by atoms with Crippen LogP contribution < -0.4 is 9.47 Å². The van der Waals surface area contributed by atoms with Crippen LogP contribution in [0.5, 0.6) is 11.5 Å². The summed E-state index contributed by atoms with van der Waals surface area (Å²) in [5.74, 6) is 2.22. The van der Waals surface area contributed by atoms with Crippen molar-refractivity contribution in [1.82, 2.24) is 4.90 Å². The lowest BCUT2D eigenvalue weighted by molar-refractivity contribution is -0.120. The van der Waals surface area contributed by atoms with Crippen LogP contribution in [0.15, 0.2) is 40.3 Å². The number of aliphatic imine (C=N–C) groups is 2. The molecule has 31 heavy (non-hydrogen) atoms. The molecule has 2 aliphatic heterocycles. The Labute approximate surface area is 195 Å². The van der Waals surface area contributed by atoms with Gasteiger partial charge in [-0.05, 0) is 29.7 Å². The van der Waals surface area contributed by atoms with Gasteiger partial charge in [-0.15, -0.1) is 0 Å². The van der Waals surface area contributed by atoms with Gasteiger partial charge in [0.05, 0.1) is 30.0 Å². The molecule has 0 bridgehead atoms. The van der Waals surface area contributed by atoms with E-state index in [-0.39, 0.29) is 11.8 Å². The van der Waals surface area contributed by atoms with E-state index in [0.29, 0.717) is 44.0 Å². The largest absolute Gasteiger partial charge is 0.493 e. The van der Waals surface area contributed by atoms with E-state index in [2.05, 4.69) is 4.99 Å². The molecule has 2 aromatic carbocycles. The van der Waals surface area contributed by atoms with Crippen LogP contribution in [-0.4, -0.2) is 42.1 Å². The summed E-state index contributed by atoms with van der Waals surface area (Å²) < 4.78 is 10.9. The molecule has 0 fully saturated rings. The summed E-state index contributed by atoms with van der Waals surface area (Å²) in [5.41, 5.74) is 2.43. The number of amides is 1. The van der Waals surface area contributed by atoms with Crippen molar-refractivity contribution in [3.8, 4) is 11.5 Å². The molecule has 9 heteroatoms. The van der Waals surface area contributed by atoms with Gasteiger partial charge < -0.3 is 9.47 Å². The Morgan fingerprint density at radius 3 is 2.42 bits per heavy atom. The third-order valence-corrected chi connectivity index (χ3v) is 6.89. The van der Waals surface area contributed by atoms with Crippen LogP contribution in [-0.2, 0) is 10.5 Å². The molecule has 0 saturated heterocycles. The third-order valence-electron chi connectivity index (χ3n) is 5.12. The molecule has 4 rings (SSSR count). The fourth-order valence-corrected chi connectivity index (χ4v) is 4.92. The van der Waals surface area contributed by atoms with Crippen LogP contribution >= 0.6 is 35.0 Å². The van der Waals surface area contributed by atoms with Gasteiger partial charge in [-0.2, -0.15) is 4.99 Å². The molecule has 6 nitrogen and oxygen atoms in total. The number of methoxy groups -OCH3 is 2. The average Bonchev–Trinajstić information content (AvgIpc) is 3.10. The maximum absolute atomic E-state index is 12.8. The number of ether oxygens (including phenoxy) is 2.